The molecule has 0 spiro atoms. The Balaban J connectivity index is 1.54. The third-order valence-electron chi connectivity index (χ3n) is 3.86. The molecule has 4 aromatic rings. The molecule has 142 valence electrons. The van der Waals surface area contributed by atoms with E-state index in [2.05, 4.69) is 25.3 Å². The molecule has 0 aliphatic rings. The van der Waals surface area contributed by atoms with Crippen LogP contribution in [0.1, 0.15) is 17.3 Å². The standard InChI is InChI=1S/C18H15N5O3S2/c1-2-26-18(25)13-10-5-3-4-6-11(10)28-16(13)23-12(24)7-27-17-14-15(20-8-19-14)21-9-22-17/h3-6,8-9H,2,7H2,1H3,(H,23,24)(H,19,20,21,22). The molecule has 1 aromatic carbocycles. The lowest BCUT2D eigenvalue weighted by Gasteiger charge is -2.06. The van der Waals surface area contributed by atoms with Crippen molar-refractivity contribution in [3.8, 4) is 0 Å². The van der Waals surface area contributed by atoms with E-state index in [0.29, 0.717) is 26.8 Å². The average Bonchev–Trinajstić information content (AvgIpc) is 3.30. The predicted octanol–water partition coefficient (Wildman–Crippen LogP) is 3.48. The lowest BCUT2D eigenvalue weighted by atomic mass is 10.1. The molecular formula is C18H15N5O3S2. The van der Waals surface area contributed by atoms with Gasteiger partial charge in [0.25, 0.3) is 0 Å². The number of ether oxygens (including phenoxy) is 1. The first-order valence-electron chi connectivity index (χ1n) is 8.42. The second kappa shape index (κ2) is 7.95. The van der Waals surface area contributed by atoms with Crippen molar-refractivity contribution in [3.63, 3.8) is 0 Å². The van der Waals surface area contributed by atoms with E-state index < -0.39 is 5.97 Å². The van der Waals surface area contributed by atoms with Crippen molar-refractivity contribution < 1.29 is 14.3 Å². The Morgan fingerprint density at radius 2 is 2.11 bits per heavy atom. The summed E-state index contributed by atoms with van der Waals surface area (Å²) >= 11 is 2.62. The number of esters is 1. The minimum absolute atomic E-state index is 0.127. The summed E-state index contributed by atoms with van der Waals surface area (Å²) in [5.74, 6) is -0.562. The van der Waals surface area contributed by atoms with Gasteiger partial charge in [-0.3, -0.25) is 4.79 Å². The Bertz CT molecular complexity index is 1170. The summed E-state index contributed by atoms with van der Waals surface area (Å²) in [5, 5.41) is 4.73. The van der Waals surface area contributed by atoms with Crippen molar-refractivity contribution in [2.24, 2.45) is 0 Å². The number of aromatic amines is 1. The number of thioether (sulfide) groups is 1. The summed E-state index contributed by atoms with van der Waals surface area (Å²) in [5.41, 5.74) is 1.63. The monoisotopic (exact) mass is 413 g/mol. The number of amides is 1. The fourth-order valence-corrected chi connectivity index (χ4v) is 4.55. The average molecular weight is 413 g/mol. The molecule has 0 bridgehead atoms. The van der Waals surface area contributed by atoms with Crippen molar-refractivity contribution in [1.29, 1.82) is 0 Å². The van der Waals surface area contributed by atoms with Gasteiger partial charge in [-0.05, 0) is 13.0 Å². The maximum atomic E-state index is 12.5. The Labute approximate surface area is 167 Å². The van der Waals surface area contributed by atoms with Crippen LogP contribution in [0.2, 0.25) is 0 Å². The largest absolute Gasteiger partial charge is 0.462 e. The molecule has 3 heterocycles. The van der Waals surface area contributed by atoms with Crippen LogP contribution < -0.4 is 5.32 Å². The lowest BCUT2D eigenvalue weighted by molar-refractivity contribution is -0.113. The van der Waals surface area contributed by atoms with Gasteiger partial charge in [-0.25, -0.2) is 19.7 Å². The van der Waals surface area contributed by atoms with Gasteiger partial charge in [-0.2, -0.15) is 0 Å². The third kappa shape index (κ3) is 3.56. The number of H-pyrrole nitrogens is 1. The van der Waals surface area contributed by atoms with Crippen molar-refractivity contribution in [2.75, 3.05) is 17.7 Å². The maximum Gasteiger partial charge on any atom is 0.341 e. The van der Waals surface area contributed by atoms with Gasteiger partial charge in [0.05, 0.1) is 18.7 Å². The molecule has 2 N–H and O–H groups in total. The maximum absolute atomic E-state index is 12.5. The number of thiophene rings is 1. The van der Waals surface area contributed by atoms with Crippen LogP contribution in [-0.2, 0) is 9.53 Å². The van der Waals surface area contributed by atoms with Crippen LogP contribution in [0, 0.1) is 0 Å². The van der Waals surface area contributed by atoms with Gasteiger partial charge < -0.3 is 15.0 Å². The number of benzene rings is 1. The molecule has 3 aromatic heterocycles. The molecule has 0 aliphatic heterocycles. The van der Waals surface area contributed by atoms with Gasteiger partial charge in [0.2, 0.25) is 5.91 Å². The number of nitrogens with zero attached hydrogens (tertiary/aromatic N) is 3. The molecular weight excluding hydrogens is 398 g/mol. The SMILES string of the molecule is CCOC(=O)c1c(NC(=O)CSc2ncnc3nc[nH]c23)sc2ccccc12. The van der Waals surface area contributed by atoms with Gasteiger partial charge >= 0.3 is 5.97 Å². The van der Waals surface area contributed by atoms with Crippen molar-refractivity contribution in [3.05, 3.63) is 42.5 Å². The van der Waals surface area contributed by atoms with Crippen LogP contribution in [0.15, 0.2) is 41.9 Å². The highest BCUT2D eigenvalue weighted by Crippen LogP contribution is 2.36. The number of imidazole rings is 1. The molecule has 0 atom stereocenters. The minimum atomic E-state index is -0.446. The first-order valence-corrected chi connectivity index (χ1v) is 10.2. The van der Waals surface area contributed by atoms with E-state index in [4.69, 9.17) is 4.74 Å². The van der Waals surface area contributed by atoms with Crippen LogP contribution in [-0.4, -0.2) is 44.2 Å². The van der Waals surface area contributed by atoms with Crippen molar-refractivity contribution in [1.82, 2.24) is 19.9 Å². The zero-order chi connectivity index (χ0) is 19.5. The van der Waals surface area contributed by atoms with Crippen LogP contribution in [0.25, 0.3) is 21.3 Å². The van der Waals surface area contributed by atoms with Gasteiger partial charge in [-0.1, -0.05) is 30.0 Å². The highest BCUT2D eigenvalue weighted by molar-refractivity contribution is 8.00. The summed E-state index contributed by atoms with van der Waals surface area (Å²) in [6.07, 6.45) is 2.95. The number of hydrogen-bond donors (Lipinski definition) is 2. The summed E-state index contributed by atoms with van der Waals surface area (Å²) < 4.78 is 6.07. The van der Waals surface area contributed by atoms with E-state index in [1.165, 1.54) is 35.8 Å². The molecule has 0 saturated heterocycles. The Morgan fingerprint density at radius 3 is 2.96 bits per heavy atom. The number of carbonyl (C=O) groups is 2. The smallest absolute Gasteiger partial charge is 0.341 e. The lowest BCUT2D eigenvalue weighted by Crippen LogP contribution is -2.16. The molecule has 0 saturated carbocycles. The zero-order valence-electron chi connectivity index (χ0n) is 14.8. The molecule has 10 heteroatoms. The Hall–Kier alpha value is -2.98. The fourth-order valence-electron chi connectivity index (χ4n) is 2.69. The molecule has 0 unspecified atom stereocenters. The topological polar surface area (TPSA) is 110 Å². The number of anilines is 1. The molecule has 0 radical (unpaired) electrons. The van der Waals surface area contributed by atoms with Gasteiger partial charge in [0, 0.05) is 10.1 Å². The van der Waals surface area contributed by atoms with Crippen LogP contribution >= 0.6 is 23.1 Å². The molecule has 8 nitrogen and oxygen atoms in total. The predicted molar refractivity (Wildman–Crippen MR) is 109 cm³/mol. The quantitative estimate of drug-likeness (QED) is 0.283. The van der Waals surface area contributed by atoms with Gasteiger partial charge in [0.1, 0.15) is 27.4 Å². The zero-order valence-corrected chi connectivity index (χ0v) is 16.4. The number of carbonyl (C=O) groups excluding carboxylic acids is 2. The van der Waals surface area contributed by atoms with E-state index in [1.807, 2.05) is 24.3 Å². The van der Waals surface area contributed by atoms with Gasteiger partial charge in [-0.15, -0.1) is 11.3 Å². The fraction of sp³-hybridized carbons (Fsp3) is 0.167. The van der Waals surface area contributed by atoms with E-state index in [1.54, 1.807) is 6.92 Å². The Kier molecular flexibility index (Phi) is 5.22. The highest BCUT2D eigenvalue weighted by Gasteiger charge is 2.21. The second-order valence-electron chi connectivity index (χ2n) is 5.64. The molecule has 0 fully saturated rings. The number of rotatable bonds is 6. The highest BCUT2D eigenvalue weighted by atomic mass is 32.2. The summed E-state index contributed by atoms with van der Waals surface area (Å²) in [6, 6.07) is 7.49. The normalized spacial score (nSPS) is 11.0. The van der Waals surface area contributed by atoms with Crippen LogP contribution in [0.4, 0.5) is 5.00 Å². The molecule has 0 aliphatic carbocycles. The number of fused-ring (bicyclic) bond motifs is 2. The molecule has 1 amide bonds. The second-order valence-corrected chi connectivity index (χ2v) is 7.66. The number of aromatic nitrogens is 4. The van der Waals surface area contributed by atoms with E-state index in [9.17, 15) is 9.59 Å². The summed E-state index contributed by atoms with van der Waals surface area (Å²) in [7, 11) is 0. The minimum Gasteiger partial charge on any atom is -0.462 e. The number of nitrogens with one attached hydrogen (secondary N) is 2. The number of hydrogen-bond acceptors (Lipinski definition) is 8. The van der Waals surface area contributed by atoms with E-state index >= 15 is 0 Å². The van der Waals surface area contributed by atoms with Crippen molar-refractivity contribution >= 4 is 61.2 Å². The van der Waals surface area contributed by atoms with Gasteiger partial charge in [0.15, 0.2) is 5.65 Å². The van der Waals surface area contributed by atoms with Crippen LogP contribution in [0.5, 0.6) is 0 Å². The molecule has 28 heavy (non-hydrogen) atoms. The van der Waals surface area contributed by atoms with E-state index in [0.717, 1.165) is 10.1 Å². The summed E-state index contributed by atoms with van der Waals surface area (Å²) in [4.78, 5) is 40.2. The van der Waals surface area contributed by atoms with Crippen LogP contribution in [0.3, 0.4) is 0 Å². The first kappa shape index (κ1) is 18.4. The third-order valence-corrected chi connectivity index (χ3v) is 5.93. The Morgan fingerprint density at radius 1 is 1.25 bits per heavy atom. The summed E-state index contributed by atoms with van der Waals surface area (Å²) in [6.45, 7) is 2.01. The molecule has 4 rings (SSSR count). The first-order chi connectivity index (χ1) is 13.7. The van der Waals surface area contributed by atoms with Crippen molar-refractivity contribution in [2.45, 2.75) is 11.9 Å². The van der Waals surface area contributed by atoms with E-state index in [-0.39, 0.29) is 18.3 Å².